The molecule has 0 aliphatic rings. The van der Waals surface area contributed by atoms with Gasteiger partial charge in [-0.15, -0.1) is 22.9 Å². The molecule has 0 saturated heterocycles. The Kier molecular flexibility index (Phi) is 3.99. The Labute approximate surface area is 112 Å². The molecule has 0 atom stereocenters. The molecular formula is C11H8Cl2N2OS. The van der Waals surface area contributed by atoms with Gasteiger partial charge in [0.1, 0.15) is 5.88 Å². The molecule has 6 heteroatoms. The molecule has 88 valence electrons. The predicted octanol–water partition coefficient (Wildman–Crippen LogP) is 3.64. The van der Waals surface area contributed by atoms with E-state index in [0.717, 1.165) is 11.3 Å². The molecule has 2 aromatic rings. The van der Waals surface area contributed by atoms with Crippen molar-refractivity contribution in [2.75, 3.05) is 11.2 Å². The smallest absolute Gasteiger partial charge is 0.241 e. The van der Waals surface area contributed by atoms with Gasteiger partial charge in [-0.1, -0.05) is 29.8 Å². The van der Waals surface area contributed by atoms with E-state index in [1.165, 1.54) is 11.3 Å². The lowest BCUT2D eigenvalue weighted by molar-refractivity contribution is -0.113. The van der Waals surface area contributed by atoms with Crippen molar-refractivity contribution >= 4 is 45.6 Å². The van der Waals surface area contributed by atoms with Crippen molar-refractivity contribution in [1.82, 2.24) is 4.98 Å². The highest BCUT2D eigenvalue weighted by Gasteiger charge is 2.09. The Morgan fingerprint density at radius 3 is 2.88 bits per heavy atom. The van der Waals surface area contributed by atoms with Gasteiger partial charge >= 0.3 is 0 Å². The van der Waals surface area contributed by atoms with Crippen molar-refractivity contribution in [3.05, 3.63) is 34.7 Å². The van der Waals surface area contributed by atoms with Crippen LogP contribution in [0, 0.1) is 0 Å². The van der Waals surface area contributed by atoms with Gasteiger partial charge in [-0.25, -0.2) is 4.98 Å². The third kappa shape index (κ3) is 2.97. The Morgan fingerprint density at radius 1 is 1.41 bits per heavy atom. The topological polar surface area (TPSA) is 42.0 Å². The van der Waals surface area contributed by atoms with Crippen LogP contribution in [0.25, 0.3) is 11.3 Å². The van der Waals surface area contributed by atoms with Gasteiger partial charge in [-0.3, -0.25) is 4.79 Å². The Hall–Kier alpha value is -1.10. The van der Waals surface area contributed by atoms with Crippen LogP contribution in [0.5, 0.6) is 0 Å². The fraction of sp³-hybridized carbons (Fsp3) is 0.0909. The van der Waals surface area contributed by atoms with E-state index in [9.17, 15) is 4.79 Å². The summed E-state index contributed by atoms with van der Waals surface area (Å²) in [6.07, 6.45) is 0. The molecule has 1 heterocycles. The molecule has 0 aliphatic carbocycles. The minimum atomic E-state index is -0.272. The highest BCUT2D eigenvalue weighted by Crippen LogP contribution is 2.30. The van der Waals surface area contributed by atoms with Gasteiger partial charge in [-0.05, 0) is 6.07 Å². The van der Waals surface area contributed by atoms with Gasteiger partial charge < -0.3 is 5.32 Å². The van der Waals surface area contributed by atoms with Crippen LogP contribution in [0.15, 0.2) is 29.6 Å². The molecule has 0 fully saturated rings. The van der Waals surface area contributed by atoms with Crippen LogP contribution in [0.4, 0.5) is 5.13 Å². The van der Waals surface area contributed by atoms with E-state index >= 15 is 0 Å². The number of alkyl halides is 1. The van der Waals surface area contributed by atoms with Crippen molar-refractivity contribution in [3.63, 3.8) is 0 Å². The van der Waals surface area contributed by atoms with Crippen LogP contribution >= 0.6 is 34.5 Å². The lowest BCUT2D eigenvalue weighted by atomic mass is 10.2. The zero-order chi connectivity index (χ0) is 12.3. The monoisotopic (exact) mass is 286 g/mol. The molecule has 3 nitrogen and oxygen atoms in total. The zero-order valence-corrected chi connectivity index (χ0v) is 10.9. The Morgan fingerprint density at radius 2 is 2.18 bits per heavy atom. The number of halogens is 2. The number of carbonyl (C=O) groups excluding carboxylic acids is 1. The minimum Gasteiger partial charge on any atom is -0.301 e. The Balaban J connectivity index is 2.24. The first kappa shape index (κ1) is 12.4. The SMILES string of the molecule is O=C(CCl)Nc1nc(-c2ccccc2Cl)cs1. The average Bonchev–Trinajstić information content (AvgIpc) is 2.78. The lowest BCUT2D eigenvalue weighted by Gasteiger charge is -1.99. The summed E-state index contributed by atoms with van der Waals surface area (Å²) in [4.78, 5) is 15.4. The van der Waals surface area contributed by atoms with E-state index in [0.29, 0.717) is 10.2 Å². The van der Waals surface area contributed by atoms with Crippen molar-refractivity contribution in [1.29, 1.82) is 0 Å². The van der Waals surface area contributed by atoms with Gasteiger partial charge in [0, 0.05) is 16.0 Å². The van der Waals surface area contributed by atoms with Crippen molar-refractivity contribution in [3.8, 4) is 11.3 Å². The zero-order valence-electron chi connectivity index (χ0n) is 8.61. The molecule has 1 aromatic carbocycles. The highest BCUT2D eigenvalue weighted by molar-refractivity contribution is 7.14. The van der Waals surface area contributed by atoms with Gasteiger partial charge in [0.25, 0.3) is 0 Å². The largest absolute Gasteiger partial charge is 0.301 e. The van der Waals surface area contributed by atoms with Crippen LogP contribution in [0.3, 0.4) is 0 Å². The molecule has 17 heavy (non-hydrogen) atoms. The molecule has 1 N–H and O–H groups in total. The number of aromatic nitrogens is 1. The van der Waals surface area contributed by atoms with E-state index in [1.54, 1.807) is 6.07 Å². The molecule has 1 aromatic heterocycles. The van der Waals surface area contributed by atoms with Crippen LogP contribution in [-0.2, 0) is 4.79 Å². The van der Waals surface area contributed by atoms with Crippen molar-refractivity contribution in [2.24, 2.45) is 0 Å². The van der Waals surface area contributed by atoms with Crippen LogP contribution in [-0.4, -0.2) is 16.8 Å². The Bertz CT molecular complexity index is 542. The second-order valence-electron chi connectivity index (χ2n) is 3.20. The number of benzene rings is 1. The maximum Gasteiger partial charge on any atom is 0.241 e. The number of hydrogen-bond acceptors (Lipinski definition) is 3. The molecule has 0 bridgehead atoms. The van der Waals surface area contributed by atoms with Crippen LogP contribution in [0.2, 0.25) is 5.02 Å². The van der Waals surface area contributed by atoms with Gasteiger partial charge in [-0.2, -0.15) is 0 Å². The first-order chi connectivity index (χ1) is 8.20. The van der Waals surface area contributed by atoms with Crippen molar-refractivity contribution < 1.29 is 4.79 Å². The van der Waals surface area contributed by atoms with E-state index in [-0.39, 0.29) is 11.8 Å². The number of rotatable bonds is 3. The standard InChI is InChI=1S/C11H8Cl2N2OS/c12-5-10(16)15-11-14-9(6-17-11)7-3-1-2-4-8(7)13/h1-4,6H,5H2,(H,14,15,16). The molecule has 0 spiro atoms. The van der Waals surface area contributed by atoms with Crippen LogP contribution in [0.1, 0.15) is 0 Å². The summed E-state index contributed by atoms with van der Waals surface area (Å²) in [6, 6.07) is 7.42. The lowest BCUT2D eigenvalue weighted by Crippen LogP contribution is -2.12. The molecule has 0 saturated carbocycles. The molecule has 1 amide bonds. The fourth-order valence-electron chi connectivity index (χ4n) is 1.28. The summed E-state index contributed by atoms with van der Waals surface area (Å²) < 4.78 is 0. The first-order valence-electron chi connectivity index (χ1n) is 4.77. The molecular weight excluding hydrogens is 279 g/mol. The summed E-state index contributed by atoms with van der Waals surface area (Å²) in [5, 5.41) is 5.58. The first-order valence-corrected chi connectivity index (χ1v) is 6.56. The molecule has 0 aliphatic heterocycles. The fourth-order valence-corrected chi connectivity index (χ4v) is 2.30. The summed E-state index contributed by atoms with van der Waals surface area (Å²) in [7, 11) is 0. The summed E-state index contributed by atoms with van der Waals surface area (Å²) >= 11 is 12.8. The van der Waals surface area contributed by atoms with E-state index in [4.69, 9.17) is 23.2 Å². The number of anilines is 1. The molecule has 2 rings (SSSR count). The molecule has 0 unspecified atom stereocenters. The maximum absolute atomic E-state index is 11.1. The summed E-state index contributed by atoms with van der Waals surface area (Å²) in [5.41, 5.74) is 1.59. The predicted molar refractivity (Wildman–Crippen MR) is 71.9 cm³/mol. The van der Waals surface area contributed by atoms with Gasteiger partial charge in [0.15, 0.2) is 5.13 Å². The number of carbonyl (C=O) groups is 1. The van der Waals surface area contributed by atoms with Gasteiger partial charge in [0.05, 0.1) is 5.69 Å². The summed E-state index contributed by atoms with van der Waals surface area (Å²) in [6.45, 7) is 0. The third-order valence-corrected chi connectivity index (χ3v) is 3.35. The summed E-state index contributed by atoms with van der Waals surface area (Å²) in [5.74, 6) is -0.354. The second-order valence-corrected chi connectivity index (χ2v) is 4.73. The second kappa shape index (κ2) is 5.49. The number of amides is 1. The number of hydrogen-bond donors (Lipinski definition) is 1. The van der Waals surface area contributed by atoms with E-state index < -0.39 is 0 Å². The van der Waals surface area contributed by atoms with Gasteiger partial charge in [0.2, 0.25) is 5.91 Å². The quantitative estimate of drug-likeness (QED) is 0.876. The third-order valence-electron chi connectivity index (χ3n) is 2.02. The van der Waals surface area contributed by atoms with E-state index in [2.05, 4.69) is 10.3 Å². The average molecular weight is 287 g/mol. The number of nitrogens with one attached hydrogen (secondary N) is 1. The number of nitrogens with zero attached hydrogens (tertiary/aromatic N) is 1. The minimum absolute atomic E-state index is 0.0823. The van der Waals surface area contributed by atoms with Crippen LogP contribution < -0.4 is 5.32 Å². The number of thiazole rings is 1. The van der Waals surface area contributed by atoms with Crippen molar-refractivity contribution in [2.45, 2.75) is 0 Å². The normalized spacial score (nSPS) is 10.2. The molecule has 0 radical (unpaired) electrons. The van der Waals surface area contributed by atoms with E-state index in [1.807, 2.05) is 23.6 Å². The maximum atomic E-state index is 11.1. The highest BCUT2D eigenvalue weighted by atomic mass is 35.5.